The SMILES string of the molecule is COCCN1CC[C@H](CNC(=O)c2cc(Cl)c[nH]2)C1. The molecule has 1 amide bonds. The van der Waals surface area contributed by atoms with Gasteiger partial charge in [-0.1, -0.05) is 11.6 Å². The number of H-pyrrole nitrogens is 1. The molecule has 1 fully saturated rings. The maximum atomic E-state index is 11.8. The molecule has 2 rings (SSSR count). The van der Waals surface area contributed by atoms with Crippen LogP contribution in [-0.2, 0) is 4.74 Å². The molecule has 6 heteroatoms. The van der Waals surface area contributed by atoms with Gasteiger partial charge in [0.2, 0.25) is 0 Å². The third-order valence-electron chi connectivity index (χ3n) is 3.43. The van der Waals surface area contributed by atoms with Crippen LogP contribution in [0.15, 0.2) is 12.3 Å². The van der Waals surface area contributed by atoms with E-state index in [0.29, 0.717) is 23.2 Å². The Morgan fingerprint density at radius 1 is 1.68 bits per heavy atom. The third kappa shape index (κ3) is 4.23. The summed E-state index contributed by atoms with van der Waals surface area (Å²) in [6.07, 6.45) is 2.73. The van der Waals surface area contributed by atoms with E-state index in [2.05, 4.69) is 15.2 Å². The number of halogens is 1. The molecule has 1 saturated heterocycles. The summed E-state index contributed by atoms with van der Waals surface area (Å²) in [7, 11) is 1.72. The Balaban J connectivity index is 1.70. The zero-order chi connectivity index (χ0) is 13.7. The molecule has 5 nitrogen and oxygen atoms in total. The summed E-state index contributed by atoms with van der Waals surface area (Å²) in [6.45, 7) is 4.54. The number of nitrogens with zero attached hydrogens (tertiary/aromatic N) is 1. The number of ether oxygens (including phenoxy) is 1. The van der Waals surface area contributed by atoms with E-state index in [1.165, 1.54) is 0 Å². The number of nitrogens with one attached hydrogen (secondary N) is 2. The largest absolute Gasteiger partial charge is 0.383 e. The third-order valence-corrected chi connectivity index (χ3v) is 3.64. The van der Waals surface area contributed by atoms with Crippen molar-refractivity contribution < 1.29 is 9.53 Å². The fourth-order valence-electron chi connectivity index (χ4n) is 2.33. The highest BCUT2D eigenvalue weighted by molar-refractivity contribution is 6.30. The molecule has 2 heterocycles. The van der Waals surface area contributed by atoms with Crippen molar-refractivity contribution in [2.45, 2.75) is 6.42 Å². The van der Waals surface area contributed by atoms with Gasteiger partial charge in [0.05, 0.1) is 11.6 Å². The second-order valence-electron chi connectivity index (χ2n) is 4.89. The molecule has 0 unspecified atom stereocenters. The van der Waals surface area contributed by atoms with Crippen LogP contribution in [0.5, 0.6) is 0 Å². The molecule has 1 aliphatic rings. The number of hydrogen-bond acceptors (Lipinski definition) is 3. The predicted molar refractivity (Wildman–Crippen MR) is 74.6 cm³/mol. The molecular formula is C13H20ClN3O2. The Labute approximate surface area is 118 Å². The molecule has 0 aliphatic carbocycles. The summed E-state index contributed by atoms with van der Waals surface area (Å²) in [4.78, 5) is 17.0. The van der Waals surface area contributed by atoms with Gasteiger partial charge in [0.15, 0.2) is 0 Å². The van der Waals surface area contributed by atoms with Gasteiger partial charge >= 0.3 is 0 Å². The first-order valence-corrected chi connectivity index (χ1v) is 6.90. The molecule has 0 bridgehead atoms. The van der Waals surface area contributed by atoms with Gasteiger partial charge in [0, 0.05) is 32.9 Å². The van der Waals surface area contributed by atoms with Crippen LogP contribution in [-0.4, -0.2) is 55.7 Å². The molecule has 2 N–H and O–H groups in total. The van der Waals surface area contributed by atoms with Crippen LogP contribution in [0.3, 0.4) is 0 Å². The van der Waals surface area contributed by atoms with E-state index in [1.807, 2.05) is 0 Å². The molecule has 19 heavy (non-hydrogen) atoms. The first kappa shape index (κ1) is 14.4. The smallest absolute Gasteiger partial charge is 0.267 e. The molecule has 0 aromatic carbocycles. The highest BCUT2D eigenvalue weighted by atomic mass is 35.5. The summed E-state index contributed by atoms with van der Waals surface area (Å²) in [5.41, 5.74) is 0.513. The van der Waals surface area contributed by atoms with Crippen LogP contribution < -0.4 is 5.32 Å². The maximum Gasteiger partial charge on any atom is 0.267 e. The highest BCUT2D eigenvalue weighted by Crippen LogP contribution is 2.15. The number of carbonyl (C=O) groups is 1. The van der Waals surface area contributed by atoms with E-state index in [4.69, 9.17) is 16.3 Å². The molecule has 1 atom stereocenters. The van der Waals surface area contributed by atoms with E-state index in [0.717, 1.165) is 32.7 Å². The Kier molecular flexibility index (Phi) is 5.24. The minimum absolute atomic E-state index is 0.0951. The molecule has 0 saturated carbocycles. The molecule has 0 radical (unpaired) electrons. The van der Waals surface area contributed by atoms with E-state index in [-0.39, 0.29) is 5.91 Å². The van der Waals surface area contributed by atoms with Gasteiger partial charge < -0.3 is 19.9 Å². The van der Waals surface area contributed by atoms with Crippen LogP contribution in [0.2, 0.25) is 5.02 Å². The molecule has 106 valence electrons. The van der Waals surface area contributed by atoms with Gasteiger partial charge in [-0.05, 0) is 24.9 Å². The Morgan fingerprint density at radius 2 is 2.53 bits per heavy atom. The minimum atomic E-state index is -0.0951. The molecular weight excluding hydrogens is 266 g/mol. The van der Waals surface area contributed by atoms with E-state index in [9.17, 15) is 4.79 Å². The van der Waals surface area contributed by atoms with Crippen molar-refractivity contribution in [3.8, 4) is 0 Å². The second kappa shape index (κ2) is 6.93. The minimum Gasteiger partial charge on any atom is -0.383 e. The van der Waals surface area contributed by atoms with Gasteiger partial charge in [-0.2, -0.15) is 0 Å². The van der Waals surface area contributed by atoms with Crippen molar-refractivity contribution in [1.82, 2.24) is 15.2 Å². The topological polar surface area (TPSA) is 57.4 Å². The van der Waals surface area contributed by atoms with Crippen molar-refractivity contribution in [2.75, 3.05) is 39.9 Å². The summed E-state index contributed by atoms with van der Waals surface area (Å²) < 4.78 is 5.07. The number of aromatic nitrogens is 1. The standard InChI is InChI=1S/C13H20ClN3O2/c1-19-5-4-17-3-2-10(9-17)7-16-13(18)12-6-11(14)8-15-12/h6,8,10,15H,2-5,7,9H2,1H3,(H,16,18)/t10-/m1/s1. The lowest BCUT2D eigenvalue weighted by Crippen LogP contribution is -2.31. The Morgan fingerprint density at radius 3 is 3.21 bits per heavy atom. The van der Waals surface area contributed by atoms with Gasteiger partial charge in [0.25, 0.3) is 5.91 Å². The lowest BCUT2D eigenvalue weighted by Gasteiger charge is -2.15. The van der Waals surface area contributed by atoms with E-state index < -0.39 is 0 Å². The normalized spacial score (nSPS) is 19.8. The fourth-order valence-corrected chi connectivity index (χ4v) is 2.50. The van der Waals surface area contributed by atoms with Gasteiger partial charge in [-0.3, -0.25) is 4.79 Å². The quantitative estimate of drug-likeness (QED) is 0.830. The molecule has 0 spiro atoms. The predicted octanol–water partition coefficient (Wildman–Crippen LogP) is 1.37. The van der Waals surface area contributed by atoms with Crippen LogP contribution in [0.1, 0.15) is 16.9 Å². The number of aromatic amines is 1. The first-order valence-electron chi connectivity index (χ1n) is 6.52. The van der Waals surface area contributed by atoms with Crippen molar-refractivity contribution in [3.05, 3.63) is 23.0 Å². The Bertz CT molecular complexity index is 422. The number of hydrogen-bond donors (Lipinski definition) is 2. The van der Waals surface area contributed by atoms with E-state index >= 15 is 0 Å². The molecule has 1 aliphatic heterocycles. The number of amides is 1. The summed E-state index contributed by atoms with van der Waals surface area (Å²) >= 11 is 5.77. The number of carbonyl (C=O) groups excluding carboxylic acids is 1. The second-order valence-corrected chi connectivity index (χ2v) is 5.33. The number of rotatable bonds is 6. The highest BCUT2D eigenvalue weighted by Gasteiger charge is 2.22. The van der Waals surface area contributed by atoms with Gasteiger partial charge in [-0.25, -0.2) is 0 Å². The van der Waals surface area contributed by atoms with Crippen LogP contribution >= 0.6 is 11.6 Å². The first-order chi connectivity index (χ1) is 9.19. The average Bonchev–Trinajstić information content (AvgIpc) is 3.02. The lowest BCUT2D eigenvalue weighted by molar-refractivity contribution is 0.0942. The zero-order valence-corrected chi connectivity index (χ0v) is 11.9. The number of methoxy groups -OCH3 is 1. The van der Waals surface area contributed by atoms with E-state index in [1.54, 1.807) is 19.4 Å². The van der Waals surface area contributed by atoms with Crippen molar-refractivity contribution in [3.63, 3.8) is 0 Å². The monoisotopic (exact) mass is 285 g/mol. The average molecular weight is 286 g/mol. The maximum absolute atomic E-state index is 11.8. The molecule has 1 aromatic heterocycles. The van der Waals surface area contributed by atoms with Crippen LogP contribution in [0.4, 0.5) is 0 Å². The summed E-state index contributed by atoms with van der Waals surface area (Å²) in [5, 5.41) is 3.50. The van der Waals surface area contributed by atoms with Crippen LogP contribution in [0.25, 0.3) is 0 Å². The fraction of sp³-hybridized carbons (Fsp3) is 0.615. The summed E-state index contributed by atoms with van der Waals surface area (Å²) in [6, 6.07) is 1.64. The zero-order valence-electron chi connectivity index (χ0n) is 11.1. The van der Waals surface area contributed by atoms with Crippen molar-refractivity contribution >= 4 is 17.5 Å². The Hall–Kier alpha value is -1.04. The van der Waals surface area contributed by atoms with Gasteiger partial charge in [-0.15, -0.1) is 0 Å². The number of likely N-dealkylation sites (tertiary alicyclic amines) is 1. The summed E-state index contributed by atoms with van der Waals surface area (Å²) in [5.74, 6) is 0.425. The lowest BCUT2D eigenvalue weighted by atomic mass is 10.1. The molecule has 1 aromatic rings. The van der Waals surface area contributed by atoms with Gasteiger partial charge in [0.1, 0.15) is 5.69 Å². The van der Waals surface area contributed by atoms with Crippen molar-refractivity contribution in [2.24, 2.45) is 5.92 Å². The van der Waals surface area contributed by atoms with Crippen molar-refractivity contribution in [1.29, 1.82) is 0 Å². The van der Waals surface area contributed by atoms with Crippen LogP contribution in [0, 0.1) is 5.92 Å².